The van der Waals surface area contributed by atoms with Crippen LogP contribution in [-0.2, 0) is 4.79 Å². The second-order valence-corrected chi connectivity index (χ2v) is 6.20. The number of anilines is 1. The first-order chi connectivity index (χ1) is 9.97. The fourth-order valence-electron chi connectivity index (χ4n) is 2.38. The Kier molecular flexibility index (Phi) is 7.44. The van der Waals surface area contributed by atoms with E-state index in [4.69, 9.17) is 0 Å². The molecule has 1 rings (SSSR count). The maximum Gasteiger partial charge on any atom is 0.238 e. The standard InChI is InChI=1S/C18H30N2O/c1-6-7-11-19-12-17(21)20-18-15(13(2)3)9-8-10-16(18)14(4)5/h8-10,13-14,19H,6-7,11-12H2,1-5H3,(H,20,21). The van der Waals surface area contributed by atoms with Gasteiger partial charge >= 0.3 is 0 Å². The van der Waals surface area contributed by atoms with Crippen LogP contribution < -0.4 is 10.6 Å². The number of para-hydroxylation sites is 1. The van der Waals surface area contributed by atoms with Crippen LogP contribution in [0.4, 0.5) is 5.69 Å². The predicted molar refractivity (Wildman–Crippen MR) is 91.0 cm³/mol. The summed E-state index contributed by atoms with van der Waals surface area (Å²) in [5.41, 5.74) is 3.43. The van der Waals surface area contributed by atoms with E-state index in [0.717, 1.165) is 25.1 Å². The Morgan fingerprint density at radius 2 is 1.67 bits per heavy atom. The van der Waals surface area contributed by atoms with Crippen molar-refractivity contribution in [3.63, 3.8) is 0 Å². The highest BCUT2D eigenvalue weighted by Gasteiger charge is 2.15. The van der Waals surface area contributed by atoms with Crippen molar-refractivity contribution in [3.05, 3.63) is 29.3 Å². The summed E-state index contributed by atoms with van der Waals surface area (Å²) in [4.78, 5) is 12.2. The molecular formula is C18H30N2O. The Labute approximate surface area is 129 Å². The van der Waals surface area contributed by atoms with Gasteiger partial charge in [0.1, 0.15) is 0 Å². The van der Waals surface area contributed by atoms with E-state index in [2.05, 4.69) is 63.5 Å². The maximum atomic E-state index is 12.2. The minimum atomic E-state index is 0.0427. The predicted octanol–water partition coefficient (Wildman–Crippen LogP) is 4.26. The zero-order valence-corrected chi connectivity index (χ0v) is 14.1. The number of benzene rings is 1. The van der Waals surface area contributed by atoms with Crippen molar-refractivity contribution >= 4 is 11.6 Å². The summed E-state index contributed by atoms with van der Waals surface area (Å²) in [6.07, 6.45) is 2.25. The third-order valence-electron chi connectivity index (χ3n) is 3.63. The number of nitrogens with one attached hydrogen (secondary N) is 2. The Balaban J connectivity index is 2.82. The fraction of sp³-hybridized carbons (Fsp3) is 0.611. The molecule has 0 aliphatic rings. The average molecular weight is 290 g/mol. The minimum Gasteiger partial charge on any atom is -0.324 e. The lowest BCUT2D eigenvalue weighted by Crippen LogP contribution is -2.29. The molecule has 0 saturated heterocycles. The highest BCUT2D eigenvalue weighted by Crippen LogP contribution is 2.32. The van der Waals surface area contributed by atoms with Crippen LogP contribution in [0.1, 0.15) is 70.4 Å². The van der Waals surface area contributed by atoms with Crippen LogP contribution in [0.5, 0.6) is 0 Å². The molecule has 1 amide bonds. The van der Waals surface area contributed by atoms with Crippen molar-refractivity contribution in [1.82, 2.24) is 5.32 Å². The summed E-state index contributed by atoms with van der Waals surface area (Å²) in [6.45, 7) is 12.1. The molecule has 0 spiro atoms. The molecule has 1 aromatic rings. The van der Waals surface area contributed by atoms with Crippen molar-refractivity contribution in [2.24, 2.45) is 0 Å². The zero-order chi connectivity index (χ0) is 15.8. The third kappa shape index (κ3) is 5.50. The highest BCUT2D eigenvalue weighted by atomic mass is 16.1. The maximum absolute atomic E-state index is 12.2. The molecule has 0 bridgehead atoms. The molecular weight excluding hydrogens is 260 g/mol. The third-order valence-corrected chi connectivity index (χ3v) is 3.63. The highest BCUT2D eigenvalue weighted by molar-refractivity contribution is 5.94. The molecule has 3 heteroatoms. The lowest BCUT2D eigenvalue weighted by molar-refractivity contribution is -0.115. The summed E-state index contributed by atoms with van der Waals surface area (Å²) < 4.78 is 0. The lowest BCUT2D eigenvalue weighted by atomic mass is 9.92. The van der Waals surface area contributed by atoms with Gasteiger partial charge in [0, 0.05) is 5.69 Å². The summed E-state index contributed by atoms with van der Waals surface area (Å²) in [5, 5.41) is 6.31. The van der Waals surface area contributed by atoms with Crippen LogP contribution in [0.3, 0.4) is 0 Å². The van der Waals surface area contributed by atoms with E-state index in [0.29, 0.717) is 18.4 Å². The van der Waals surface area contributed by atoms with E-state index in [1.807, 2.05) is 0 Å². The second-order valence-electron chi connectivity index (χ2n) is 6.20. The molecule has 0 heterocycles. The van der Waals surface area contributed by atoms with Crippen LogP contribution in [0.15, 0.2) is 18.2 Å². The van der Waals surface area contributed by atoms with E-state index in [9.17, 15) is 4.79 Å². The molecule has 0 radical (unpaired) electrons. The molecule has 0 unspecified atom stereocenters. The van der Waals surface area contributed by atoms with Gasteiger partial charge in [-0.15, -0.1) is 0 Å². The molecule has 0 aromatic heterocycles. The average Bonchev–Trinajstić information content (AvgIpc) is 2.43. The second kappa shape index (κ2) is 8.83. The number of carbonyl (C=O) groups excluding carboxylic acids is 1. The minimum absolute atomic E-state index is 0.0427. The number of hydrogen-bond donors (Lipinski definition) is 2. The number of hydrogen-bond acceptors (Lipinski definition) is 2. The Hall–Kier alpha value is -1.35. The normalized spacial score (nSPS) is 11.2. The number of rotatable bonds is 8. The molecule has 0 saturated carbocycles. The SMILES string of the molecule is CCCCNCC(=O)Nc1c(C(C)C)cccc1C(C)C. The van der Waals surface area contributed by atoms with Crippen LogP contribution in [0, 0.1) is 0 Å². The Bertz CT molecular complexity index is 426. The van der Waals surface area contributed by atoms with Gasteiger partial charge in [0.15, 0.2) is 0 Å². The topological polar surface area (TPSA) is 41.1 Å². The molecule has 0 aliphatic heterocycles. The fourth-order valence-corrected chi connectivity index (χ4v) is 2.38. The first-order valence-electron chi connectivity index (χ1n) is 8.10. The van der Waals surface area contributed by atoms with E-state index in [1.54, 1.807) is 0 Å². The van der Waals surface area contributed by atoms with Gasteiger partial charge in [-0.05, 0) is 35.9 Å². The van der Waals surface area contributed by atoms with Gasteiger partial charge in [0.25, 0.3) is 0 Å². The summed E-state index contributed by atoms with van der Waals surface area (Å²) in [6, 6.07) is 6.30. The van der Waals surface area contributed by atoms with Crippen molar-refractivity contribution in [1.29, 1.82) is 0 Å². The largest absolute Gasteiger partial charge is 0.324 e. The number of unbranched alkanes of at least 4 members (excludes halogenated alkanes) is 1. The van der Waals surface area contributed by atoms with Crippen molar-refractivity contribution < 1.29 is 4.79 Å². The molecule has 0 atom stereocenters. The number of carbonyl (C=O) groups is 1. The smallest absolute Gasteiger partial charge is 0.238 e. The van der Waals surface area contributed by atoms with Gasteiger partial charge in [-0.1, -0.05) is 59.2 Å². The van der Waals surface area contributed by atoms with E-state index in [1.165, 1.54) is 11.1 Å². The van der Waals surface area contributed by atoms with Gasteiger partial charge in [-0.25, -0.2) is 0 Å². The number of amides is 1. The van der Waals surface area contributed by atoms with E-state index < -0.39 is 0 Å². The monoisotopic (exact) mass is 290 g/mol. The Morgan fingerprint density at radius 3 is 2.14 bits per heavy atom. The van der Waals surface area contributed by atoms with E-state index >= 15 is 0 Å². The van der Waals surface area contributed by atoms with Crippen molar-refractivity contribution in [3.8, 4) is 0 Å². The first kappa shape index (κ1) is 17.7. The molecule has 21 heavy (non-hydrogen) atoms. The van der Waals surface area contributed by atoms with Crippen LogP contribution in [0.2, 0.25) is 0 Å². The molecule has 2 N–H and O–H groups in total. The zero-order valence-electron chi connectivity index (χ0n) is 14.1. The van der Waals surface area contributed by atoms with Gasteiger partial charge in [0.2, 0.25) is 5.91 Å². The van der Waals surface area contributed by atoms with E-state index in [-0.39, 0.29) is 5.91 Å². The quantitative estimate of drug-likeness (QED) is 0.702. The molecule has 0 aliphatic carbocycles. The molecule has 1 aromatic carbocycles. The van der Waals surface area contributed by atoms with Crippen LogP contribution in [0.25, 0.3) is 0 Å². The van der Waals surface area contributed by atoms with Gasteiger partial charge in [0.05, 0.1) is 6.54 Å². The van der Waals surface area contributed by atoms with Gasteiger partial charge < -0.3 is 10.6 Å². The van der Waals surface area contributed by atoms with Gasteiger partial charge in [-0.3, -0.25) is 4.79 Å². The van der Waals surface area contributed by atoms with Crippen molar-refractivity contribution in [2.45, 2.75) is 59.3 Å². The first-order valence-corrected chi connectivity index (χ1v) is 8.10. The van der Waals surface area contributed by atoms with Crippen molar-refractivity contribution in [2.75, 3.05) is 18.4 Å². The van der Waals surface area contributed by atoms with Crippen LogP contribution in [-0.4, -0.2) is 19.0 Å². The van der Waals surface area contributed by atoms with Gasteiger partial charge in [-0.2, -0.15) is 0 Å². The van der Waals surface area contributed by atoms with Crippen LogP contribution >= 0.6 is 0 Å². The summed E-state index contributed by atoms with van der Waals surface area (Å²) in [7, 11) is 0. The molecule has 118 valence electrons. The summed E-state index contributed by atoms with van der Waals surface area (Å²) in [5.74, 6) is 0.834. The summed E-state index contributed by atoms with van der Waals surface area (Å²) >= 11 is 0. The Morgan fingerprint density at radius 1 is 1.10 bits per heavy atom. The molecule has 0 fully saturated rings. The molecule has 3 nitrogen and oxygen atoms in total. The lowest BCUT2D eigenvalue weighted by Gasteiger charge is -2.20.